The van der Waals surface area contributed by atoms with Crippen molar-refractivity contribution in [1.82, 2.24) is 10.2 Å². The number of carbonyl (C=O) groups is 2. The SMILES string of the molecule is O=C(NC1CCN(C(=O)Nc2cccc(Cl)c2)CC1)c1ccccc1. The molecule has 25 heavy (non-hydrogen) atoms. The number of anilines is 1. The number of urea groups is 1. The zero-order valence-corrected chi connectivity index (χ0v) is 14.5. The zero-order chi connectivity index (χ0) is 17.6. The van der Waals surface area contributed by atoms with E-state index in [9.17, 15) is 9.59 Å². The van der Waals surface area contributed by atoms with E-state index in [1.807, 2.05) is 18.2 Å². The van der Waals surface area contributed by atoms with E-state index in [1.165, 1.54) is 0 Å². The average molecular weight is 358 g/mol. The Morgan fingerprint density at radius 1 is 1.00 bits per heavy atom. The van der Waals surface area contributed by atoms with Gasteiger partial charge in [-0.05, 0) is 43.2 Å². The predicted octanol–water partition coefficient (Wildman–Crippen LogP) is 3.77. The molecule has 3 rings (SSSR count). The maximum absolute atomic E-state index is 12.3. The minimum Gasteiger partial charge on any atom is -0.349 e. The van der Waals surface area contributed by atoms with Gasteiger partial charge in [-0.3, -0.25) is 4.79 Å². The Morgan fingerprint density at radius 2 is 1.72 bits per heavy atom. The first-order chi connectivity index (χ1) is 12.1. The van der Waals surface area contributed by atoms with Crippen LogP contribution in [0.3, 0.4) is 0 Å². The molecule has 1 heterocycles. The largest absolute Gasteiger partial charge is 0.349 e. The van der Waals surface area contributed by atoms with Crippen LogP contribution in [0.4, 0.5) is 10.5 Å². The van der Waals surface area contributed by atoms with E-state index in [2.05, 4.69) is 10.6 Å². The van der Waals surface area contributed by atoms with Gasteiger partial charge in [0.1, 0.15) is 0 Å². The van der Waals surface area contributed by atoms with E-state index < -0.39 is 0 Å². The van der Waals surface area contributed by atoms with E-state index in [0.29, 0.717) is 29.4 Å². The summed E-state index contributed by atoms with van der Waals surface area (Å²) < 4.78 is 0. The van der Waals surface area contributed by atoms with Gasteiger partial charge in [-0.25, -0.2) is 4.79 Å². The van der Waals surface area contributed by atoms with Gasteiger partial charge >= 0.3 is 6.03 Å². The third kappa shape index (κ3) is 4.73. The Morgan fingerprint density at radius 3 is 2.40 bits per heavy atom. The maximum atomic E-state index is 12.3. The lowest BCUT2D eigenvalue weighted by molar-refractivity contribution is 0.0919. The third-order valence-corrected chi connectivity index (χ3v) is 4.46. The van der Waals surface area contributed by atoms with Gasteiger partial charge in [0.15, 0.2) is 0 Å². The monoisotopic (exact) mass is 357 g/mol. The van der Waals surface area contributed by atoms with Crippen molar-refractivity contribution in [2.45, 2.75) is 18.9 Å². The molecule has 0 saturated carbocycles. The number of amides is 3. The quantitative estimate of drug-likeness (QED) is 0.878. The Bertz CT molecular complexity index is 743. The van der Waals surface area contributed by atoms with Crippen molar-refractivity contribution in [3.63, 3.8) is 0 Å². The lowest BCUT2D eigenvalue weighted by Gasteiger charge is -2.32. The lowest BCUT2D eigenvalue weighted by atomic mass is 10.0. The number of benzene rings is 2. The molecule has 1 saturated heterocycles. The maximum Gasteiger partial charge on any atom is 0.321 e. The number of rotatable bonds is 3. The Labute approximate surface area is 152 Å². The second-order valence-electron chi connectivity index (χ2n) is 6.04. The molecule has 130 valence electrons. The fourth-order valence-corrected chi connectivity index (χ4v) is 3.04. The van der Waals surface area contributed by atoms with E-state index >= 15 is 0 Å². The van der Waals surface area contributed by atoms with E-state index in [1.54, 1.807) is 41.3 Å². The van der Waals surface area contributed by atoms with Crippen LogP contribution in [0.2, 0.25) is 5.02 Å². The first-order valence-electron chi connectivity index (χ1n) is 8.29. The highest BCUT2D eigenvalue weighted by Gasteiger charge is 2.24. The van der Waals surface area contributed by atoms with Gasteiger partial charge in [-0.1, -0.05) is 35.9 Å². The van der Waals surface area contributed by atoms with Crippen LogP contribution >= 0.6 is 11.6 Å². The molecule has 0 aromatic heterocycles. The Kier molecular flexibility index (Phi) is 5.56. The molecule has 0 bridgehead atoms. The summed E-state index contributed by atoms with van der Waals surface area (Å²) >= 11 is 5.93. The summed E-state index contributed by atoms with van der Waals surface area (Å²) in [5.41, 5.74) is 1.33. The fourth-order valence-electron chi connectivity index (χ4n) is 2.85. The number of nitrogens with one attached hydrogen (secondary N) is 2. The zero-order valence-electron chi connectivity index (χ0n) is 13.7. The second kappa shape index (κ2) is 8.03. The van der Waals surface area contributed by atoms with Gasteiger partial charge < -0.3 is 15.5 Å². The first kappa shape index (κ1) is 17.3. The average Bonchev–Trinajstić information content (AvgIpc) is 2.63. The number of hydrogen-bond donors (Lipinski definition) is 2. The smallest absolute Gasteiger partial charge is 0.321 e. The van der Waals surface area contributed by atoms with Crippen LogP contribution in [0.1, 0.15) is 23.2 Å². The van der Waals surface area contributed by atoms with Crippen molar-refractivity contribution in [3.8, 4) is 0 Å². The normalized spacial score (nSPS) is 14.8. The van der Waals surface area contributed by atoms with Crippen LogP contribution in [-0.2, 0) is 0 Å². The molecule has 6 heteroatoms. The molecular weight excluding hydrogens is 338 g/mol. The van der Waals surface area contributed by atoms with Crippen LogP contribution < -0.4 is 10.6 Å². The third-order valence-electron chi connectivity index (χ3n) is 4.23. The molecule has 0 unspecified atom stereocenters. The van der Waals surface area contributed by atoms with Gasteiger partial charge in [-0.2, -0.15) is 0 Å². The molecule has 2 aromatic carbocycles. The summed E-state index contributed by atoms with van der Waals surface area (Å²) in [6.45, 7) is 1.21. The van der Waals surface area contributed by atoms with Gasteiger partial charge in [0.2, 0.25) is 0 Å². The second-order valence-corrected chi connectivity index (χ2v) is 6.48. The molecule has 0 atom stereocenters. The van der Waals surface area contributed by atoms with Crippen molar-refractivity contribution < 1.29 is 9.59 Å². The topological polar surface area (TPSA) is 61.4 Å². The lowest BCUT2D eigenvalue weighted by Crippen LogP contribution is -2.47. The summed E-state index contributed by atoms with van der Waals surface area (Å²) in [7, 11) is 0. The van der Waals surface area contributed by atoms with E-state index in [4.69, 9.17) is 11.6 Å². The molecule has 1 aliphatic rings. The molecule has 0 aliphatic carbocycles. The molecule has 0 spiro atoms. The molecule has 2 N–H and O–H groups in total. The van der Waals surface area contributed by atoms with Crippen LogP contribution in [0, 0.1) is 0 Å². The van der Waals surface area contributed by atoms with Crippen molar-refractivity contribution >= 4 is 29.2 Å². The number of likely N-dealkylation sites (tertiary alicyclic amines) is 1. The Hall–Kier alpha value is -2.53. The number of carbonyl (C=O) groups excluding carboxylic acids is 2. The molecule has 1 fully saturated rings. The highest BCUT2D eigenvalue weighted by Crippen LogP contribution is 2.17. The van der Waals surface area contributed by atoms with Gasteiger partial charge in [0, 0.05) is 35.4 Å². The number of piperidine rings is 1. The molecule has 3 amide bonds. The van der Waals surface area contributed by atoms with Gasteiger partial charge in [0.05, 0.1) is 0 Å². The molecule has 2 aromatic rings. The van der Waals surface area contributed by atoms with E-state index in [-0.39, 0.29) is 18.0 Å². The molecule has 1 aliphatic heterocycles. The molecular formula is C19H20ClN3O2. The highest BCUT2D eigenvalue weighted by atomic mass is 35.5. The summed E-state index contributed by atoms with van der Waals surface area (Å²) in [6, 6.07) is 16.2. The van der Waals surface area contributed by atoms with Gasteiger partial charge in [-0.15, -0.1) is 0 Å². The van der Waals surface area contributed by atoms with Crippen LogP contribution in [0.5, 0.6) is 0 Å². The molecule has 5 nitrogen and oxygen atoms in total. The predicted molar refractivity (Wildman–Crippen MR) is 99.0 cm³/mol. The fraction of sp³-hybridized carbons (Fsp3) is 0.263. The molecule has 0 radical (unpaired) electrons. The van der Waals surface area contributed by atoms with Crippen molar-refractivity contribution in [2.75, 3.05) is 18.4 Å². The van der Waals surface area contributed by atoms with Crippen LogP contribution in [0.25, 0.3) is 0 Å². The van der Waals surface area contributed by atoms with E-state index in [0.717, 1.165) is 12.8 Å². The minimum absolute atomic E-state index is 0.0672. The number of halogens is 1. The standard InChI is InChI=1S/C19H20ClN3O2/c20-15-7-4-8-17(13-15)22-19(25)23-11-9-16(10-12-23)21-18(24)14-5-2-1-3-6-14/h1-8,13,16H,9-12H2,(H,21,24)(H,22,25). The summed E-state index contributed by atoms with van der Waals surface area (Å²) in [5, 5.41) is 6.47. The highest BCUT2D eigenvalue weighted by molar-refractivity contribution is 6.30. The summed E-state index contributed by atoms with van der Waals surface area (Å²) in [5.74, 6) is -0.0672. The summed E-state index contributed by atoms with van der Waals surface area (Å²) in [4.78, 5) is 26.3. The van der Waals surface area contributed by atoms with Crippen molar-refractivity contribution in [1.29, 1.82) is 0 Å². The van der Waals surface area contributed by atoms with Gasteiger partial charge in [0.25, 0.3) is 5.91 Å². The van der Waals surface area contributed by atoms with Crippen molar-refractivity contribution in [3.05, 3.63) is 65.2 Å². The number of nitrogens with zero attached hydrogens (tertiary/aromatic N) is 1. The van der Waals surface area contributed by atoms with Crippen molar-refractivity contribution in [2.24, 2.45) is 0 Å². The number of hydrogen-bond acceptors (Lipinski definition) is 2. The van der Waals surface area contributed by atoms with Crippen LogP contribution in [-0.4, -0.2) is 36.0 Å². The Balaban J connectivity index is 1.48. The minimum atomic E-state index is -0.143. The first-order valence-corrected chi connectivity index (χ1v) is 8.67. The summed E-state index contributed by atoms with van der Waals surface area (Å²) in [6.07, 6.45) is 1.48. The van der Waals surface area contributed by atoms with Crippen LogP contribution in [0.15, 0.2) is 54.6 Å².